The summed E-state index contributed by atoms with van der Waals surface area (Å²) in [5, 5.41) is 4.43. The maximum Gasteiger partial charge on any atom is 0.272 e. The molecule has 0 bridgehead atoms. The Labute approximate surface area is 129 Å². The van der Waals surface area contributed by atoms with Crippen molar-refractivity contribution in [2.24, 2.45) is 5.10 Å². The van der Waals surface area contributed by atoms with Gasteiger partial charge in [-0.25, -0.2) is 5.43 Å². The van der Waals surface area contributed by atoms with Crippen molar-refractivity contribution in [1.82, 2.24) is 5.43 Å². The van der Waals surface area contributed by atoms with E-state index in [-0.39, 0.29) is 5.91 Å². The van der Waals surface area contributed by atoms with E-state index >= 15 is 0 Å². The van der Waals surface area contributed by atoms with Gasteiger partial charge in [-0.3, -0.25) is 4.79 Å². The van der Waals surface area contributed by atoms with Crippen LogP contribution in [0.2, 0.25) is 5.02 Å². The summed E-state index contributed by atoms with van der Waals surface area (Å²) in [4.78, 5) is 11.9. The molecule has 0 saturated carbocycles. The molecule has 1 amide bonds. The number of nitrogens with one attached hydrogen (secondary N) is 1. The largest absolute Gasteiger partial charge is 0.272 e. The number of benzene rings is 2. The Kier molecular flexibility index (Phi) is 5.29. The van der Waals surface area contributed by atoms with E-state index in [1.165, 1.54) is 0 Å². The Balaban J connectivity index is 1.99. The molecule has 0 radical (unpaired) electrons. The van der Waals surface area contributed by atoms with E-state index in [1.54, 1.807) is 24.3 Å². The fraction of sp³-hybridized carbons (Fsp3) is 0.0588. The van der Waals surface area contributed by atoms with Crippen LogP contribution in [0, 0.1) is 0 Å². The highest BCUT2D eigenvalue weighted by molar-refractivity contribution is 6.33. The zero-order valence-electron chi connectivity index (χ0n) is 11.6. The molecule has 1 N–H and O–H groups in total. The Bertz CT molecular complexity index is 678. The SMILES string of the molecule is CC(C=Cc1ccccc1)=NNC(=O)c1ccccc1Cl. The van der Waals surface area contributed by atoms with Gasteiger partial charge in [-0.1, -0.05) is 60.1 Å². The first-order valence-corrected chi connectivity index (χ1v) is 6.87. The Morgan fingerprint density at radius 3 is 2.48 bits per heavy atom. The molecule has 4 heteroatoms. The average molecular weight is 299 g/mol. The molecule has 0 saturated heterocycles. The van der Waals surface area contributed by atoms with Gasteiger partial charge < -0.3 is 0 Å². The molecule has 0 spiro atoms. The van der Waals surface area contributed by atoms with E-state index in [2.05, 4.69) is 10.5 Å². The molecule has 106 valence electrons. The van der Waals surface area contributed by atoms with E-state index in [0.29, 0.717) is 16.3 Å². The molecule has 21 heavy (non-hydrogen) atoms. The quantitative estimate of drug-likeness (QED) is 0.668. The highest BCUT2D eigenvalue weighted by atomic mass is 35.5. The summed E-state index contributed by atoms with van der Waals surface area (Å²) < 4.78 is 0. The third-order valence-electron chi connectivity index (χ3n) is 2.77. The van der Waals surface area contributed by atoms with Gasteiger partial charge in [-0.15, -0.1) is 0 Å². The van der Waals surface area contributed by atoms with Crippen molar-refractivity contribution in [2.75, 3.05) is 0 Å². The van der Waals surface area contributed by atoms with Crippen LogP contribution >= 0.6 is 11.6 Å². The van der Waals surface area contributed by atoms with Crippen molar-refractivity contribution in [2.45, 2.75) is 6.92 Å². The van der Waals surface area contributed by atoms with Crippen LogP contribution in [0.3, 0.4) is 0 Å². The molecule has 2 aromatic carbocycles. The van der Waals surface area contributed by atoms with Gasteiger partial charge in [-0.05, 0) is 30.7 Å². The monoisotopic (exact) mass is 298 g/mol. The van der Waals surface area contributed by atoms with Crippen molar-refractivity contribution >= 4 is 29.3 Å². The molecule has 0 aliphatic heterocycles. The van der Waals surface area contributed by atoms with Gasteiger partial charge in [0.15, 0.2) is 0 Å². The number of hydrazone groups is 1. The molecule has 0 atom stereocenters. The third kappa shape index (κ3) is 4.58. The summed E-state index contributed by atoms with van der Waals surface area (Å²) in [6.07, 6.45) is 3.77. The van der Waals surface area contributed by atoms with Crippen molar-refractivity contribution in [1.29, 1.82) is 0 Å². The highest BCUT2D eigenvalue weighted by Gasteiger charge is 2.07. The van der Waals surface area contributed by atoms with Crippen LogP contribution in [-0.2, 0) is 0 Å². The maximum absolute atomic E-state index is 11.9. The van der Waals surface area contributed by atoms with Gasteiger partial charge in [0.1, 0.15) is 0 Å². The molecular formula is C17H15ClN2O. The second kappa shape index (κ2) is 7.41. The van der Waals surface area contributed by atoms with Gasteiger partial charge in [0.2, 0.25) is 0 Å². The number of hydrogen-bond donors (Lipinski definition) is 1. The van der Waals surface area contributed by atoms with Crippen LogP contribution in [0.4, 0.5) is 0 Å². The van der Waals surface area contributed by atoms with Gasteiger partial charge in [-0.2, -0.15) is 5.10 Å². The molecule has 0 aliphatic rings. The van der Waals surface area contributed by atoms with Crippen molar-refractivity contribution in [3.05, 3.63) is 76.8 Å². The van der Waals surface area contributed by atoms with Gasteiger partial charge >= 0.3 is 0 Å². The van der Waals surface area contributed by atoms with Crippen molar-refractivity contribution < 1.29 is 4.79 Å². The van der Waals surface area contributed by atoms with Gasteiger partial charge in [0.25, 0.3) is 5.91 Å². The molecule has 0 unspecified atom stereocenters. The molecule has 0 heterocycles. The Hall–Kier alpha value is -2.39. The van der Waals surface area contributed by atoms with Crippen LogP contribution in [0.1, 0.15) is 22.8 Å². The lowest BCUT2D eigenvalue weighted by molar-refractivity contribution is 0.0955. The predicted octanol–water partition coefficient (Wildman–Crippen LogP) is 4.16. The van der Waals surface area contributed by atoms with Crippen LogP contribution in [-0.4, -0.2) is 11.6 Å². The van der Waals surface area contributed by atoms with Crippen LogP contribution in [0.5, 0.6) is 0 Å². The number of rotatable bonds is 4. The second-order valence-electron chi connectivity index (χ2n) is 4.42. The molecule has 0 fully saturated rings. The minimum Gasteiger partial charge on any atom is -0.267 e. The minimum atomic E-state index is -0.326. The highest BCUT2D eigenvalue weighted by Crippen LogP contribution is 2.14. The van der Waals surface area contributed by atoms with Gasteiger partial charge in [0, 0.05) is 0 Å². The van der Waals surface area contributed by atoms with E-state index in [1.807, 2.05) is 49.4 Å². The number of carbonyl (C=O) groups is 1. The first-order valence-electron chi connectivity index (χ1n) is 6.49. The lowest BCUT2D eigenvalue weighted by Gasteiger charge is -2.02. The summed E-state index contributed by atoms with van der Waals surface area (Å²) >= 11 is 5.95. The number of allylic oxidation sites excluding steroid dienone is 1. The molecular weight excluding hydrogens is 284 g/mol. The van der Waals surface area contributed by atoms with Crippen molar-refractivity contribution in [3.8, 4) is 0 Å². The number of halogens is 1. The first-order chi connectivity index (χ1) is 10.2. The van der Waals surface area contributed by atoms with E-state index in [9.17, 15) is 4.79 Å². The molecule has 0 aliphatic carbocycles. The molecule has 2 rings (SSSR count). The average Bonchev–Trinajstić information content (AvgIpc) is 2.52. The van der Waals surface area contributed by atoms with Gasteiger partial charge in [0.05, 0.1) is 16.3 Å². The zero-order chi connectivity index (χ0) is 15.1. The summed E-state index contributed by atoms with van der Waals surface area (Å²) in [6.45, 7) is 1.81. The standard InChI is InChI=1S/C17H15ClN2O/c1-13(11-12-14-7-3-2-4-8-14)19-20-17(21)15-9-5-6-10-16(15)18/h2-12H,1H3,(H,20,21). The number of nitrogens with zero attached hydrogens (tertiary/aromatic N) is 1. The number of amides is 1. The Morgan fingerprint density at radius 2 is 1.76 bits per heavy atom. The summed E-state index contributed by atoms with van der Waals surface area (Å²) in [7, 11) is 0. The lowest BCUT2D eigenvalue weighted by atomic mass is 10.2. The van der Waals surface area contributed by atoms with E-state index in [0.717, 1.165) is 5.56 Å². The van der Waals surface area contributed by atoms with Crippen LogP contribution < -0.4 is 5.43 Å². The fourth-order valence-corrected chi connectivity index (χ4v) is 1.88. The van der Waals surface area contributed by atoms with Crippen LogP contribution in [0.15, 0.2) is 65.8 Å². The van der Waals surface area contributed by atoms with Crippen LogP contribution in [0.25, 0.3) is 6.08 Å². The molecule has 3 nitrogen and oxygen atoms in total. The van der Waals surface area contributed by atoms with E-state index < -0.39 is 0 Å². The minimum absolute atomic E-state index is 0.326. The smallest absolute Gasteiger partial charge is 0.267 e. The first kappa shape index (κ1) is 15.0. The topological polar surface area (TPSA) is 41.5 Å². The summed E-state index contributed by atoms with van der Waals surface area (Å²) in [5.41, 5.74) is 4.66. The van der Waals surface area contributed by atoms with Crippen molar-refractivity contribution in [3.63, 3.8) is 0 Å². The lowest BCUT2D eigenvalue weighted by Crippen LogP contribution is -2.19. The number of carbonyl (C=O) groups excluding carboxylic acids is 1. The number of hydrogen-bond acceptors (Lipinski definition) is 2. The summed E-state index contributed by atoms with van der Waals surface area (Å²) in [6, 6.07) is 16.7. The fourth-order valence-electron chi connectivity index (χ4n) is 1.66. The van der Waals surface area contributed by atoms with E-state index in [4.69, 9.17) is 11.6 Å². The predicted molar refractivity (Wildman–Crippen MR) is 87.5 cm³/mol. The maximum atomic E-state index is 11.9. The Morgan fingerprint density at radius 1 is 1.10 bits per heavy atom. The molecule has 2 aromatic rings. The zero-order valence-corrected chi connectivity index (χ0v) is 12.3. The third-order valence-corrected chi connectivity index (χ3v) is 3.10. The normalized spacial score (nSPS) is 11.6. The molecule has 0 aromatic heterocycles. The summed E-state index contributed by atoms with van der Waals surface area (Å²) in [5.74, 6) is -0.326. The second-order valence-corrected chi connectivity index (χ2v) is 4.83.